The molecule has 5 heteroatoms. The van der Waals surface area contributed by atoms with E-state index >= 15 is 0 Å². The van der Waals surface area contributed by atoms with Gasteiger partial charge in [-0.2, -0.15) is 5.10 Å². The predicted molar refractivity (Wildman–Crippen MR) is 80.5 cm³/mol. The Morgan fingerprint density at radius 1 is 1.40 bits per heavy atom. The van der Waals surface area contributed by atoms with E-state index in [-0.39, 0.29) is 11.9 Å². The molecule has 1 amide bonds. The number of amides is 1. The fourth-order valence-corrected chi connectivity index (χ4v) is 3.00. The van der Waals surface area contributed by atoms with Gasteiger partial charge in [-0.1, -0.05) is 13.8 Å². The number of rotatable bonds is 3. The van der Waals surface area contributed by atoms with Crippen LogP contribution in [0.15, 0.2) is 0 Å². The van der Waals surface area contributed by atoms with Crippen molar-refractivity contribution in [3.63, 3.8) is 0 Å². The molecule has 1 aliphatic rings. The highest BCUT2D eigenvalue weighted by atomic mass is 16.2. The largest absolute Gasteiger partial charge is 0.395 e. The molecule has 3 N–H and O–H groups in total. The minimum atomic E-state index is -0.0864. The molecule has 0 saturated heterocycles. The minimum Gasteiger partial charge on any atom is -0.395 e. The van der Waals surface area contributed by atoms with Crippen LogP contribution in [0.4, 0.5) is 5.69 Å². The Kier molecular flexibility index (Phi) is 4.35. The molecule has 2 rings (SSSR count). The lowest BCUT2D eigenvalue weighted by molar-refractivity contribution is 0.0900. The first-order chi connectivity index (χ1) is 9.43. The lowest BCUT2D eigenvalue weighted by Gasteiger charge is -2.32. The molecule has 1 fully saturated rings. The third kappa shape index (κ3) is 2.81. The fraction of sp³-hybridized carbons (Fsp3) is 0.733. The van der Waals surface area contributed by atoms with E-state index in [0.717, 1.165) is 24.5 Å². The Hall–Kier alpha value is -1.52. The van der Waals surface area contributed by atoms with Gasteiger partial charge in [0.1, 0.15) is 5.69 Å². The van der Waals surface area contributed by atoms with Crippen molar-refractivity contribution in [2.45, 2.75) is 59.5 Å². The summed E-state index contributed by atoms with van der Waals surface area (Å²) in [7, 11) is 0. The Morgan fingerprint density at radius 2 is 2.10 bits per heavy atom. The molecular formula is C15H26N4O. The Morgan fingerprint density at radius 3 is 2.70 bits per heavy atom. The van der Waals surface area contributed by atoms with Crippen LogP contribution in [-0.2, 0) is 6.54 Å². The van der Waals surface area contributed by atoms with Gasteiger partial charge in [-0.05, 0) is 44.9 Å². The molecule has 0 bridgehead atoms. The van der Waals surface area contributed by atoms with Gasteiger partial charge in [-0.25, -0.2) is 0 Å². The van der Waals surface area contributed by atoms with Gasteiger partial charge in [-0.15, -0.1) is 0 Å². The molecule has 0 aromatic carbocycles. The van der Waals surface area contributed by atoms with E-state index in [1.54, 1.807) is 4.68 Å². The van der Waals surface area contributed by atoms with E-state index in [9.17, 15) is 4.79 Å². The number of hydrogen-bond acceptors (Lipinski definition) is 3. The summed E-state index contributed by atoms with van der Waals surface area (Å²) in [5.74, 6) is 1.32. The quantitative estimate of drug-likeness (QED) is 0.891. The summed E-state index contributed by atoms with van der Waals surface area (Å²) in [4.78, 5) is 12.5. The second kappa shape index (κ2) is 5.85. The topological polar surface area (TPSA) is 72.9 Å². The number of carbonyl (C=O) groups is 1. The first-order valence-corrected chi connectivity index (χ1v) is 7.57. The molecule has 0 aliphatic heterocycles. The Bertz CT molecular complexity index is 494. The van der Waals surface area contributed by atoms with Crippen molar-refractivity contribution in [2.75, 3.05) is 5.73 Å². The first-order valence-electron chi connectivity index (χ1n) is 7.57. The number of nitrogens with zero attached hydrogens (tertiary/aromatic N) is 2. The minimum absolute atomic E-state index is 0.0864. The van der Waals surface area contributed by atoms with Crippen molar-refractivity contribution in [1.29, 1.82) is 0 Å². The van der Waals surface area contributed by atoms with Crippen LogP contribution in [0.3, 0.4) is 0 Å². The highest BCUT2D eigenvalue weighted by molar-refractivity contribution is 5.98. The van der Waals surface area contributed by atoms with Gasteiger partial charge in [0.05, 0.1) is 11.4 Å². The number of aryl methyl sites for hydroxylation is 2. The number of nitrogens with one attached hydrogen (secondary N) is 1. The molecule has 5 nitrogen and oxygen atoms in total. The van der Waals surface area contributed by atoms with Gasteiger partial charge in [0, 0.05) is 12.6 Å². The van der Waals surface area contributed by atoms with Crippen LogP contribution in [0.2, 0.25) is 0 Å². The van der Waals surface area contributed by atoms with Crippen LogP contribution in [0.25, 0.3) is 0 Å². The SMILES string of the molecule is CCn1nc(C)c(N)c1C(=O)NC1CCC(C)C(C)C1. The summed E-state index contributed by atoms with van der Waals surface area (Å²) >= 11 is 0. The summed E-state index contributed by atoms with van der Waals surface area (Å²) in [6.07, 6.45) is 3.27. The average molecular weight is 278 g/mol. The molecular weight excluding hydrogens is 252 g/mol. The summed E-state index contributed by atoms with van der Waals surface area (Å²) < 4.78 is 1.69. The monoisotopic (exact) mass is 278 g/mol. The van der Waals surface area contributed by atoms with E-state index in [0.29, 0.717) is 23.8 Å². The summed E-state index contributed by atoms with van der Waals surface area (Å²) in [6, 6.07) is 0.258. The molecule has 1 aromatic heterocycles. The van der Waals surface area contributed by atoms with Crippen molar-refractivity contribution in [3.05, 3.63) is 11.4 Å². The maximum absolute atomic E-state index is 12.5. The summed E-state index contributed by atoms with van der Waals surface area (Å²) in [5.41, 5.74) is 7.73. The van der Waals surface area contributed by atoms with E-state index in [1.165, 1.54) is 6.42 Å². The molecule has 0 radical (unpaired) electrons. The van der Waals surface area contributed by atoms with Crippen molar-refractivity contribution in [3.8, 4) is 0 Å². The van der Waals surface area contributed by atoms with Gasteiger partial charge in [0.15, 0.2) is 0 Å². The van der Waals surface area contributed by atoms with Gasteiger partial charge in [0.25, 0.3) is 5.91 Å². The lowest BCUT2D eigenvalue weighted by Crippen LogP contribution is -2.40. The maximum Gasteiger partial charge on any atom is 0.271 e. The van der Waals surface area contributed by atoms with Crippen molar-refractivity contribution >= 4 is 11.6 Å². The lowest BCUT2D eigenvalue weighted by atomic mass is 9.79. The zero-order valence-corrected chi connectivity index (χ0v) is 12.9. The second-order valence-electron chi connectivity index (χ2n) is 6.10. The molecule has 3 unspecified atom stereocenters. The zero-order chi connectivity index (χ0) is 14.9. The molecule has 112 valence electrons. The normalized spacial score (nSPS) is 26.5. The number of nitrogens with two attached hydrogens (primary N) is 1. The second-order valence-corrected chi connectivity index (χ2v) is 6.10. The predicted octanol–water partition coefficient (Wildman–Crippen LogP) is 2.35. The van der Waals surface area contributed by atoms with Crippen LogP contribution in [0.1, 0.15) is 56.2 Å². The van der Waals surface area contributed by atoms with Gasteiger partial charge >= 0.3 is 0 Å². The van der Waals surface area contributed by atoms with Crippen molar-refractivity contribution in [2.24, 2.45) is 11.8 Å². The number of carbonyl (C=O) groups excluding carboxylic acids is 1. The summed E-state index contributed by atoms with van der Waals surface area (Å²) in [5, 5.41) is 7.44. The highest BCUT2D eigenvalue weighted by Crippen LogP contribution is 2.29. The average Bonchev–Trinajstić information content (AvgIpc) is 2.69. The van der Waals surface area contributed by atoms with E-state index in [1.807, 2.05) is 13.8 Å². The van der Waals surface area contributed by atoms with Gasteiger partial charge < -0.3 is 11.1 Å². The number of nitrogen functional groups attached to an aromatic ring is 1. The number of hydrogen-bond donors (Lipinski definition) is 2. The smallest absolute Gasteiger partial charge is 0.271 e. The molecule has 20 heavy (non-hydrogen) atoms. The number of anilines is 1. The van der Waals surface area contributed by atoms with Crippen molar-refractivity contribution in [1.82, 2.24) is 15.1 Å². The van der Waals surface area contributed by atoms with E-state index in [2.05, 4.69) is 24.3 Å². The van der Waals surface area contributed by atoms with Crippen LogP contribution in [-0.4, -0.2) is 21.7 Å². The third-order valence-corrected chi connectivity index (χ3v) is 4.62. The fourth-order valence-electron chi connectivity index (χ4n) is 3.00. The molecule has 0 spiro atoms. The highest BCUT2D eigenvalue weighted by Gasteiger charge is 2.27. The Labute approximate surface area is 120 Å². The van der Waals surface area contributed by atoms with Gasteiger partial charge in [-0.3, -0.25) is 9.48 Å². The maximum atomic E-state index is 12.5. The summed E-state index contributed by atoms with van der Waals surface area (Å²) in [6.45, 7) is 9.00. The Balaban J connectivity index is 2.09. The first kappa shape index (κ1) is 14.9. The molecule has 1 heterocycles. The van der Waals surface area contributed by atoms with Crippen LogP contribution in [0, 0.1) is 18.8 Å². The van der Waals surface area contributed by atoms with Gasteiger partial charge in [0.2, 0.25) is 0 Å². The zero-order valence-electron chi connectivity index (χ0n) is 12.9. The number of aromatic nitrogens is 2. The van der Waals surface area contributed by atoms with Crippen molar-refractivity contribution < 1.29 is 4.79 Å². The molecule has 3 atom stereocenters. The van der Waals surface area contributed by atoms with E-state index < -0.39 is 0 Å². The molecule has 1 saturated carbocycles. The third-order valence-electron chi connectivity index (χ3n) is 4.62. The van der Waals surface area contributed by atoms with Crippen LogP contribution >= 0.6 is 0 Å². The molecule has 1 aliphatic carbocycles. The van der Waals surface area contributed by atoms with E-state index in [4.69, 9.17) is 5.73 Å². The van der Waals surface area contributed by atoms with Crippen LogP contribution < -0.4 is 11.1 Å². The van der Waals surface area contributed by atoms with Crippen LogP contribution in [0.5, 0.6) is 0 Å². The standard InChI is InChI=1S/C15H26N4O/c1-5-19-14(13(16)11(4)18-19)15(20)17-12-7-6-9(2)10(3)8-12/h9-10,12H,5-8,16H2,1-4H3,(H,17,20). The molecule has 1 aromatic rings.